The highest BCUT2D eigenvalue weighted by Gasteiger charge is 2.03. The predicted octanol–water partition coefficient (Wildman–Crippen LogP) is 3.16. The molecule has 0 atom stereocenters. The Bertz CT molecular complexity index is 621. The summed E-state index contributed by atoms with van der Waals surface area (Å²) in [6.07, 6.45) is 2.91. The minimum Gasteiger partial charge on any atom is -0.458 e. The van der Waals surface area contributed by atoms with Gasteiger partial charge in [0.2, 0.25) is 0 Å². The smallest absolute Gasteiger partial charge is 0.331 e. The molecule has 0 unspecified atom stereocenters. The number of carbonyl (C=O) groups is 1. The van der Waals surface area contributed by atoms with Crippen LogP contribution in [-0.4, -0.2) is 5.97 Å². The number of nitrogen functional groups attached to an aromatic ring is 1. The van der Waals surface area contributed by atoms with Crippen molar-refractivity contribution in [1.82, 2.24) is 0 Å². The van der Waals surface area contributed by atoms with Gasteiger partial charge in [0.1, 0.15) is 12.4 Å². The fourth-order valence-corrected chi connectivity index (χ4v) is 1.58. The maximum Gasteiger partial charge on any atom is 0.331 e. The summed E-state index contributed by atoms with van der Waals surface area (Å²) in [6.45, 7) is -0.0857. The predicted molar refractivity (Wildman–Crippen MR) is 76.1 cm³/mol. The van der Waals surface area contributed by atoms with E-state index in [1.165, 1.54) is 12.1 Å². The lowest BCUT2D eigenvalue weighted by Gasteiger charge is -2.03. The summed E-state index contributed by atoms with van der Waals surface area (Å²) in [5, 5.41) is 0. The number of esters is 1. The molecule has 2 aromatic rings. The van der Waals surface area contributed by atoms with Crippen LogP contribution in [0.1, 0.15) is 11.1 Å². The maximum atomic E-state index is 13.3. The van der Waals surface area contributed by atoms with E-state index < -0.39 is 5.97 Å². The standard InChI is InChI=1S/C16H14FNO2/c17-15-4-2-1-3-13(15)11-20-16(19)10-7-12-5-8-14(18)9-6-12/h1-10H,11,18H2/b10-7+. The first-order valence-electron chi connectivity index (χ1n) is 6.09. The highest BCUT2D eigenvalue weighted by Crippen LogP contribution is 2.09. The van der Waals surface area contributed by atoms with Crippen molar-refractivity contribution in [2.45, 2.75) is 6.61 Å². The maximum absolute atomic E-state index is 13.3. The zero-order valence-electron chi connectivity index (χ0n) is 10.8. The molecule has 0 heterocycles. The van der Waals surface area contributed by atoms with Gasteiger partial charge < -0.3 is 10.5 Å². The number of anilines is 1. The molecule has 102 valence electrons. The lowest BCUT2D eigenvalue weighted by molar-refractivity contribution is -0.138. The van der Waals surface area contributed by atoms with E-state index >= 15 is 0 Å². The van der Waals surface area contributed by atoms with Crippen LogP contribution in [0.15, 0.2) is 54.6 Å². The van der Waals surface area contributed by atoms with Gasteiger partial charge in [-0.05, 0) is 29.8 Å². The van der Waals surface area contributed by atoms with Crippen molar-refractivity contribution in [2.24, 2.45) is 0 Å². The van der Waals surface area contributed by atoms with Gasteiger partial charge in [-0.1, -0.05) is 30.3 Å². The van der Waals surface area contributed by atoms with Crippen LogP contribution in [0.2, 0.25) is 0 Å². The van der Waals surface area contributed by atoms with Crippen LogP contribution >= 0.6 is 0 Å². The first-order valence-corrected chi connectivity index (χ1v) is 6.09. The molecule has 0 aliphatic carbocycles. The topological polar surface area (TPSA) is 52.3 Å². The molecule has 20 heavy (non-hydrogen) atoms. The van der Waals surface area contributed by atoms with Gasteiger partial charge in [-0.15, -0.1) is 0 Å². The van der Waals surface area contributed by atoms with Crippen molar-refractivity contribution < 1.29 is 13.9 Å². The molecule has 0 bridgehead atoms. The minimum atomic E-state index is -0.523. The van der Waals surface area contributed by atoms with Gasteiger partial charge in [0, 0.05) is 17.3 Å². The molecule has 0 spiro atoms. The van der Waals surface area contributed by atoms with Crippen LogP contribution < -0.4 is 5.73 Å². The Kier molecular flexibility index (Phi) is 4.50. The van der Waals surface area contributed by atoms with Crippen LogP contribution in [-0.2, 0) is 16.1 Å². The molecule has 0 saturated heterocycles. The Morgan fingerprint density at radius 2 is 1.85 bits per heavy atom. The van der Waals surface area contributed by atoms with Crippen LogP contribution in [0.5, 0.6) is 0 Å². The third-order valence-electron chi connectivity index (χ3n) is 2.68. The highest BCUT2D eigenvalue weighted by atomic mass is 19.1. The summed E-state index contributed by atoms with van der Waals surface area (Å²) >= 11 is 0. The first kappa shape index (κ1) is 13.8. The molecule has 0 saturated carbocycles. The Morgan fingerprint density at radius 3 is 2.55 bits per heavy atom. The van der Waals surface area contributed by atoms with Gasteiger partial charge in [0.25, 0.3) is 0 Å². The van der Waals surface area contributed by atoms with E-state index in [0.29, 0.717) is 11.3 Å². The molecule has 3 nitrogen and oxygen atoms in total. The average molecular weight is 271 g/mol. The number of nitrogens with two attached hydrogens (primary N) is 1. The van der Waals surface area contributed by atoms with E-state index in [9.17, 15) is 9.18 Å². The summed E-state index contributed by atoms with van der Waals surface area (Å²) in [5.74, 6) is -0.909. The Morgan fingerprint density at radius 1 is 1.15 bits per heavy atom. The normalized spacial score (nSPS) is 10.7. The van der Waals surface area contributed by atoms with Gasteiger partial charge >= 0.3 is 5.97 Å². The first-order chi connectivity index (χ1) is 9.65. The van der Waals surface area contributed by atoms with Crippen LogP contribution in [0.4, 0.5) is 10.1 Å². The van der Waals surface area contributed by atoms with Gasteiger partial charge in [0.15, 0.2) is 0 Å². The quantitative estimate of drug-likeness (QED) is 0.528. The second kappa shape index (κ2) is 6.52. The van der Waals surface area contributed by atoms with E-state index in [1.807, 2.05) is 0 Å². The molecule has 0 aliphatic rings. The number of rotatable bonds is 4. The van der Waals surface area contributed by atoms with Crippen molar-refractivity contribution in [2.75, 3.05) is 5.73 Å². The highest BCUT2D eigenvalue weighted by molar-refractivity contribution is 5.87. The largest absolute Gasteiger partial charge is 0.458 e. The molecule has 0 aliphatic heterocycles. The molecule has 0 aromatic heterocycles. The lowest BCUT2D eigenvalue weighted by atomic mass is 10.2. The van der Waals surface area contributed by atoms with Crippen molar-refractivity contribution in [1.29, 1.82) is 0 Å². The zero-order chi connectivity index (χ0) is 14.4. The number of ether oxygens (including phenoxy) is 1. The van der Waals surface area contributed by atoms with E-state index in [1.54, 1.807) is 48.5 Å². The second-order valence-electron chi connectivity index (χ2n) is 4.20. The minimum absolute atomic E-state index is 0.0857. The monoisotopic (exact) mass is 271 g/mol. The number of hydrogen-bond donors (Lipinski definition) is 1. The van der Waals surface area contributed by atoms with Gasteiger partial charge in [-0.3, -0.25) is 0 Å². The fraction of sp³-hybridized carbons (Fsp3) is 0.0625. The van der Waals surface area contributed by atoms with E-state index in [4.69, 9.17) is 10.5 Å². The SMILES string of the molecule is Nc1ccc(/C=C/C(=O)OCc2ccccc2F)cc1. The van der Waals surface area contributed by atoms with Crippen molar-refractivity contribution in [3.8, 4) is 0 Å². The Hall–Kier alpha value is -2.62. The molecule has 2 rings (SSSR count). The molecule has 0 fully saturated rings. The molecular weight excluding hydrogens is 257 g/mol. The molecule has 2 N–H and O–H groups in total. The van der Waals surface area contributed by atoms with Gasteiger partial charge in [-0.2, -0.15) is 0 Å². The summed E-state index contributed by atoms with van der Waals surface area (Å²) in [5.41, 5.74) is 7.40. The van der Waals surface area contributed by atoms with Gasteiger partial charge in [-0.25, -0.2) is 9.18 Å². The van der Waals surface area contributed by atoms with Crippen molar-refractivity contribution >= 4 is 17.7 Å². The van der Waals surface area contributed by atoms with Crippen LogP contribution in [0.3, 0.4) is 0 Å². The Balaban J connectivity index is 1.90. The third kappa shape index (κ3) is 3.95. The third-order valence-corrected chi connectivity index (χ3v) is 2.68. The molecule has 0 radical (unpaired) electrons. The summed E-state index contributed by atoms with van der Waals surface area (Å²) in [6, 6.07) is 13.2. The molecule has 2 aromatic carbocycles. The van der Waals surface area contributed by atoms with E-state index in [2.05, 4.69) is 0 Å². The summed E-state index contributed by atoms with van der Waals surface area (Å²) in [4.78, 5) is 11.5. The fourth-order valence-electron chi connectivity index (χ4n) is 1.58. The summed E-state index contributed by atoms with van der Waals surface area (Å²) in [7, 11) is 0. The number of carbonyl (C=O) groups excluding carboxylic acids is 1. The lowest BCUT2D eigenvalue weighted by Crippen LogP contribution is -2.02. The number of halogens is 1. The van der Waals surface area contributed by atoms with E-state index in [-0.39, 0.29) is 12.4 Å². The zero-order valence-corrected chi connectivity index (χ0v) is 10.8. The van der Waals surface area contributed by atoms with Crippen molar-refractivity contribution in [3.05, 3.63) is 71.6 Å². The summed E-state index contributed by atoms with van der Waals surface area (Å²) < 4.78 is 18.3. The second-order valence-corrected chi connectivity index (χ2v) is 4.20. The number of hydrogen-bond acceptors (Lipinski definition) is 3. The van der Waals surface area contributed by atoms with Gasteiger partial charge in [0.05, 0.1) is 0 Å². The Labute approximate surface area is 116 Å². The molecule has 0 amide bonds. The van der Waals surface area contributed by atoms with Crippen LogP contribution in [0, 0.1) is 5.82 Å². The van der Waals surface area contributed by atoms with Crippen molar-refractivity contribution in [3.63, 3.8) is 0 Å². The molecule has 4 heteroatoms. The van der Waals surface area contributed by atoms with E-state index in [0.717, 1.165) is 5.56 Å². The average Bonchev–Trinajstić information content (AvgIpc) is 2.46. The van der Waals surface area contributed by atoms with Crippen LogP contribution in [0.25, 0.3) is 6.08 Å². The molecular formula is C16H14FNO2. The number of benzene rings is 2.